The van der Waals surface area contributed by atoms with Crippen LogP contribution in [0.5, 0.6) is 0 Å². The normalized spacial score (nSPS) is 27.5. The molecule has 1 amide bonds. The molecule has 9 heteroatoms. The van der Waals surface area contributed by atoms with Gasteiger partial charge < -0.3 is 4.90 Å². The van der Waals surface area contributed by atoms with Crippen molar-refractivity contribution in [1.29, 1.82) is 0 Å². The molecule has 124 valence electrons. The molecule has 1 aromatic heterocycles. The Morgan fingerprint density at radius 1 is 1.45 bits per heavy atom. The lowest BCUT2D eigenvalue weighted by molar-refractivity contribution is -0.135. The molecule has 2 N–H and O–H groups in total. The first-order valence-corrected chi connectivity index (χ1v) is 7.23. The Morgan fingerprint density at radius 3 is 2.82 bits per heavy atom. The van der Waals surface area contributed by atoms with Gasteiger partial charge in [-0.2, -0.15) is 5.10 Å². The monoisotopic (exact) mass is 335 g/mol. The van der Waals surface area contributed by atoms with Gasteiger partial charge in [0.15, 0.2) is 5.82 Å². The summed E-state index contributed by atoms with van der Waals surface area (Å²) in [5, 5.41) is 9.57. The predicted octanol–water partition coefficient (Wildman–Crippen LogP) is 1.24. The molecule has 3 rings (SSSR count). The maximum absolute atomic E-state index is 13.2. The van der Waals surface area contributed by atoms with E-state index < -0.39 is 24.9 Å². The number of hydrogen-bond acceptors (Lipinski definition) is 4. The van der Waals surface area contributed by atoms with E-state index >= 15 is 0 Å². The van der Waals surface area contributed by atoms with Crippen LogP contribution in [0.25, 0.3) is 0 Å². The van der Waals surface area contributed by atoms with Crippen LogP contribution in [0.4, 0.5) is 8.78 Å². The highest BCUT2D eigenvalue weighted by Gasteiger charge is 2.44. The first-order valence-electron chi connectivity index (χ1n) is 7.23. The molecule has 2 fully saturated rings. The van der Waals surface area contributed by atoms with Crippen molar-refractivity contribution in [1.82, 2.24) is 25.4 Å². The van der Waals surface area contributed by atoms with E-state index in [1.807, 2.05) is 6.92 Å². The Kier molecular flexibility index (Phi) is 5.01. The van der Waals surface area contributed by atoms with Crippen LogP contribution in [0.2, 0.25) is 0 Å². The Hall–Kier alpha value is -1.28. The topological polar surface area (TPSA) is 73.9 Å². The summed E-state index contributed by atoms with van der Waals surface area (Å²) in [6.07, 6.45) is 1.34. The lowest BCUT2D eigenvalue weighted by atomic mass is 9.96. The summed E-state index contributed by atoms with van der Waals surface area (Å²) < 4.78 is 26.4. The van der Waals surface area contributed by atoms with Crippen molar-refractivity contribution in [3.05, 3.63) is 11.6 Å². The average molecular weight is 336 g/mol. The third-order valence-electron chi connectivity index (χ3n) is 4.12. The molecule has 2 atom stereocenters. The van der Waals surface area contributed by atoms with E-state index in [0.29, 0.717) is 18.9 Å². The number of likely N-dealkylation sites (tertiary alicyclic amines) is 1. The van der Waals surface area contributed by atoms with Crippen molar-refractivity contribution in [3.8, 4) is 0 Å². The number of alkyl halides is 2. The molecule has 1 aromatic rings. The first kappa shape index (κ1) is 17.1. The molecule has 2 saturated heterocycles. The molecule has 22 heavy (non-hydrogen) atoms. The van der Waals surface area contributed by atoms with E-state index in [9.17, 15) is 13.6 Å². The zero-order valence-corrected chi connectivity index (χ0v) is 13.1. The van der Waals surface area contributed by atoms with Crippen molar-refractivity contribution < 1.29 is 13.6 Å². The molecule has 2 aliphatic rings. The van der Waals surface area contributed by atoms with Gasteiger partial charge in [-0.05, 0) is 19.8 Å². The second-order valence-electron chi connectivity index (χ2n) is 5.90. The molecule has 0 saturated carbocycles. The molecule has 0 aromatic carbocycles. The van der Waals surface area contributed by atoms with Gasteiger partial charge in [0.25, 0.3) is 5.92 Å². The van der Waals surface area contributed by atoms with E-state index in [-0.39, 0.29) is 24.2 Å². The number of halogens is 3. The highest BCUT2D eigenvalue weighted by Crippen LogP contribution is 2.29. The molecule has 2 unspecified atom stereocenters. The molecule has 0 spiro atoms. The number of aromatic amines is 1. The van der Waals surface area contributed by atoms with Crippen molar-refractivity contribution in [2.75, 3.05) is 19.6 Å². The number of amides is 1. The number of rotatable bonds is 2. The minimum atomic E-state index is -2.78. The number of carbonyl (C=O) groups excluding carboxylic acids is 1. The van der Waals surface area contributed by atoms with Gasteiger partial charge in [-0.25, -0.2) is 13.8 Å². The third kappa shape index (κ3) is 3.55. The van der Waals surface area contributed by atoms with Gasteiger partial charge in [0.2, 0.25) is 5.91 Å². The van der Waals surface area contributed by atoms with E-state index in [4.69, 9.17) is 0 Å². The zero-order valence-electron chi connectivity index (χ0n) is 12.3. The summed E-state index contributed by atoms with van der Waals surface area (Å²) >= 11 is 0. The minimum absolute atomic E-state index is 0. The van der Waals surface area contributed by atoms with Crippen molar-refractivity contribution in [2.24, 2.45) is 0 Å². The van der Waals surface area contributed by atoms with Gasteiger partial charge >= 0.3 is 0 Å². The van der Waals surface area contributed by atoms with Gasteiger partial charge in [0.1, 0.15) is 5.82 Å². The maximum atomic E-state index is 13.2. The average Bonchev–Trinajstić information content (AvgIpc) is 3.04. The molecular weight excluding hydrogens is 316 g/mol. The zero-order chi connectivity index (χ0) is 15.0. The standard InChI is InChI=1S/C13H19F2N5O.ClH/c1-8-17-11(19-18-8)9-3-2-4-20(6-9)12(21)10-5-13(14,15)7-16-10;/h9-10,16H,2-7H2,1H3,(H,17,18,19);1H. The molecule has 0 radical (unpaired) electrons. The minimum Gasteiger partial charge on any atom is -0.341 e. The van der Waals surface area contributed by atoms with E-state index in [2.05, 4.69) is 20.5 Å². The number of piperidine rings is 1. The van der Waals surface area contributed by atoms with Crippen LogP contribution in [0.15, 0.2) is 0 Å². The van der Waals surface area contributed by atoms with Crippen LogP contribution in [-0.4, -0.2) is 57.6 Å². The molecule has 2 aliphatic heterocycles. The fourth-order valence-corrected chi connectivity index (χ4v) is 3.04. The van der Waals surface area contributed by atoms with Crippen LogP contribution in [0.3, 0.4) is 0 Å². The van der Waals surface area contributed by atoms with Gasteiger partial charge in [0, 0.05) is 25.4 Å². The van der Waals surface area contributed by atoms with Crippen LogP contribution in [-0.2, 0) is 4.79 Å². The number of aromatic nitrogens is 3. The van der Waals surface area contributed by atoms with E-state index in [1.165, 1.54) is 0 Å². The van der Waals surface area contributed by atoms with Crippen molar-refractivity contribution in [2.45, 2.75) is 44.1 Å². The number of aryl methyl sites for hydroxylation is 1. The summed E-state index contributed by atoms with van der Waals surface area (Å²) in [5.41, 5.74) is 0. The number of hydrogen-bond donors (Lipinski definition) is 2. The number of H-pyrrole nitrogens is 1. The first-order chi connectivity index (χ1) is 9.94. The second kappa shape index (κ2) is 6.45. The number of carbonyl (C=O) groups is 1. The molecule has 0 aliphatic carbocycles. The Labute approximate surface area is 133 Å². The van der Waals surface area contributed by atoms with Crippen LogP contribution in [0.1, 0.15) is 36.8 Å². The second-order valence-corrected chi connectivity index (χ2v) is 5.90. The van der Waals surface area contributed by atoms with Gasteiger partial charge in [-0.15, -0.1) is 12.4 Å². The lowest BCUT2D eigenvalue weighted by Gasteiger charge is -2.33. The van der Waals surface area contributed by atoms with E-state index in [1.54, 1.807) is 4.90 Å². The van der Waals surface area contributed by atoms with Gasteiger partial charge in [-0.1, -0.05) is 0 Å². The predicted molar refractivity (Wildman–Crippen MR) is 78.3 cm³/mol. The quantitative estimate of drug-likeness (QED) is 0.852. The number of nitrogens with zero attached hydrogens (tertiary/aromatic N) is 3. The molecule has 3 heterocycles. The third-order valence-corrected chi connectivity index (χ3v) is 4.12. The van der Waals surface area contributed by atoms with Gasteiger partial charge in [-0.3, -0.25) is 15.2 Å². The summed E-state index contributed by atoms with van der Waals surface area (Å²) in [6, 6.07) is -0.771. The highest BCUT2D eigenvalue weighted by atomic mass is 35.5. The van der Waals surface area contributed by atoms with E-state index in [0.717, 1.165) is 18.7 Å². The SMILES string of the molecule is Cc1nc(C2CCCN(C(=O)C3CC(F)(F)CN3)C2)n[nH]1.Cl. The number of nitrogens with one attached hydrogen (secondary N) is 2. The smallest absolute Gasteiger partial charge is 0.262 e. The molecule has 0 bridgehead atoms. The Balaban J connectivity index is 0.00000176. The van der Waals surface area contributed by atoms with Crippen LogP contribution < -0.4 is 5.32 Å². The summed E-state index contributed by atoms with van der Waals surface area (Å²) in [4.78, 5) is 18.3. The van der Waals surface area contributed by atoms with Crippen LogP contribution >= 0.6 is 12.4 Å². The molecular formula is C13H20ClF2N5O. The largest absolute Gasteiger partial charge is 0.341 e. The fourth-order valence-electron chi connectivity index (χ4n) is 3.04. The molecule has 6 nitrogen and oxygen atoms in total. The lowest BCUT2D eigenvalue weighted by Crippen LogP contribution is -2.47. The fraction of sp³-hybridized carbons (Fsp3) is 0.769. The highest BCUT2D eigenvalue weighted by molar-refractivity contribution is 5.85. The summed E-state index contributed by atoms with van der Waals surface area (Å²) in [6.45, 7) is 2.52. The summed E-state index contributed by atoms with van der Waals surface area (Å²) in [7, 11) is 0. The van der Waals surface area contributed by atoms with Crippen LogP contribution in [0, 0.1) is 6.92 Å². The Morgan fingerprint density at radius 2 is 2.23 bits per heavy atom. The Bertz CT molecular complexity index is 538. The van der Waals surface area contributed by atoms with Crippen molar-refractivity contribution >= 4 is 18.3 Å². The van der Waals surface area contributed by atoms with Gasteiger partial charge in [0.05, 0.1) is 12.6 Å². The summed E-state index contributed by atoms with van der Waals surface area (Å²) in [5.74, 6) is -1.49. The maximum Gasteiger partial charge on any atom is 0.262 e. The van der Waals surface area contributed by atoms with Crippen molar-refractivity contribution in [3.63, 3.8) is 0 Å².